The van der Waals surface area contributed by atoms with E-state index in [-0.39, 0.29) is 29.3 Å². The smallest absolute Gasteiger partial charge is 0.416 e. The maximum absolute atomic E-state index is 13.0. The lowest BCUT2D eigenvalue weighted by Gasteiger charge is -2.28. The molecule has 2 N–H and O–H groups in total. The number of amidine groups is 1. The summed E-state index contributed by atoms with van der Waals surface area (Å²) in [5.41, 5.74) is 5.34. The van der Waals surface area contributed by atoms with Gasteiger partial charge in [-0.3, -0.25) is 0 Å². The van der Waals surface area contributed by atoms with Crippen molar-refractivity contribution >= 4 is 11.8 Å². The number of hydrogen-bond donors (Lipinski definition) is 1. The van der Waals surface area contributed by atoms with Crippen LogP contribution in [0.3, 0.4) is 0 Å². The van der Waals surface area contributed by atoms with E-state index < -0.39 is 29.5 Å². The lowest BCUT2D eigenvalue weighted by atomic mass is 9.77. The molecule has 0 fully saturated rings. The van der Waals surface area contributed by atoms with E-state index in [9.17, 15) is 23.2 Å². The fourth-order valence-electron chi connectivity index (χ4n) is 2.78. The Hall–Kier alpha value is -2.82. The van der Waals surface area contributed by atoms with Crippen molar-refractivity contribution in [1.82, 2.24) is 0 Å². The number of benzene rings is 1. The van der Waals surface area contributed by atoms with Crippen molar-refractivity contribution in [3.05, 3.63) is 46.7 Å². The monoisotopic (exact) mass is 351 g/mol. The first-order valence-corrected chi connectivity index (χ1v) is 7.49. The number of carbonyl (C=O) groups excluding carboxylic acids is 1. The third-order valence-electron chi connectivity index (χ3n) is 3.86. The highest BCUT2D eigenvalue weighted by Crippen LogP contribution is 2.40. The number of hydrogen-bond acceptors (Lipinski definition) is 5. The summed E-state index contributed by atoms with van der Waals surface area (Å²) in [7, 11) is 0. The van der Waals surface area contributed by atoms with Crippen LogP contribution in [0, 0.1) is 17.2 Å². The van der Waals surface area contributed by atoms with Crippen molar-refractivity contribution in [1.29, 1.82) is 5.26 Å². The Labute approximate surface area is 142 Å². The second-order valence-electron chi connectivity index (χ2n) is 5.46. The summed E-state index contributed by atoms with van der Waals surface area (Å²) in [6, 6.07) is 6.42. The third-order valence-corrected chi connectivity index (χ3v) is 3.86. The Morgan fingerprint density at radius 2 is 2.12 bits per heavy atom. The second kappa shape index (κ2) is 6.97. The number of carbonyl (C=O) groups is 1. The van der Waals surface area contributed by atoms with E-state index in [1.54, 1.807) is 6.92 Å². The molecule has 2 atom stereocenters. The number of ether oxygens (including phenoxy) is 1. The molecule has 2 rings (SSSR count). The van der Waals surface area contributed by atoms with Gasteiger partial charge in [0, 0.05) is 5.92 Å². The summed E-state index contributed by atoms with van der Waals surface area (Å²) < 4.78 is 44.1. The van der Waals surface area contributed by atoms with Crippen molar-refractivity contribution in [2.75, 3.05) is 6.61 Å². The van der Waals surface area contributed by atoms with Crippen LogP contribution in [0.5, 0.6) is 0 Å². The molecule has 0 spiro atoms. The molecule has 0 bridgehead atoms. The zero-order chi connectivity index (χ0) is 18.8. The molecular weight excluding hydrogens is 335 g/mol. The number of aliphatic imine (C=N–C) groups is 1. The molecule has 0 amide bonds. The fourth-order valence-corrected chi connectivity index (χ4v) is 2.78. The molecule has 1 heterocycles. The summed E-state index contributed by atoms with van der Waals surface area (Å²) >= 11 is 0. The summed E-state index contributed by atoms with van der Waals surface area (Å²) in [6.45, 7) is 3.20. The quantitative estimate of drug-likeness (QED) is 0.848. The van der Waals surface area contributed by atoms with E-state index in [1.165, 1.54) is 19.1 Å². The number of alkyl halides is 3. The molecule has 0 saturated carbocycles. The maximum Gasteiger partial charge on any atom is 0.416 e. The molecule has 1 aromatic carbocycles. The van der Waals surface area contributed by atoms with E-state index in [0.29, 0.717) is 0 Å². The molecule has 25 heavy (non-hydrogen) atoms. The number of esters is 1. The van der Waals surface area contributed by atoms with Crippen LogP contribution in [0.1, 0.15) is 30.9 Å². The second-order valence-corrected chi connectivity index (χ2v) is 5.46. The molecule has 0 saturated heterocycles. The summed E-state index contributed by atoms with van der Waals surface area (Å²) in [6.07, 6.45) is -4.55. The van der Waals surface area contributed by atoms with E-state index in [0.717, 1.165) is 12.1 Å². The van der Waals surface area contributed by atoms with Crippen LogP contribution in [-0.2, 0) is 15.7 Å². The number of allylic oxidation sites excluding steroid dienone is 1. The summed E-state index contributed by atoms with van der Waals surface area (Å²) in [4.78, 5) is 16.3. The standard InChI is InChI=1S/C17H16F3N3O2/c1-3-25-16(24)13-9(2)23-15(22)12(8-21)14(13)10-5-4-6-11(7-10)17(18,19)20/h4-7,12,14H,3H2,1-2H3,(H2,22,23). The Morgan fingerprint density at radius 3 is 2.68 bits per heavy atom. The minimum absolute atomic E-state index is 0.0434. The first kappa shape index (κ1) is 18.5. The van der Waals surface area contributed by atoms with Gasteiger partial charge >= 0.3 is 12.1 Å². The molecule has 1 aromatic rings. The van der Waals surface area contributed by atoms with Crippen molar-refractivity contribution in [2.45, 2.75) is 25.9 Å². The van der Waals surface area contributed by atoms with E-state index in [2.05, 4.69) is 4.99 Å². The molecule has 132 valence electrons. The van der Waals surface area contributed by atoms with Crippen LogP contribution in [0.15, 0.2) is 40.5 Å². The largest absolute Gasteiger partial charge is 0.463 e. The number of nitriles is 1. The lowest BCUT2D eigenvalue weighted by molar-refractivity contribution is -0.139. The molecule has 1 aliphatic rings. The predicted octanol–water partition coefficient (Wildman–Crippen LogP) is 3.14. The van der Waals surface area contributed by atoms with Crippen LogP contribution < -0.4 is 5.73 Å². The topological polar surface area (TPSA) is 88.5 Å². The highest BCUT2D eigenvalue weighted by atomic mass is 19.4. The van der Waals surface area contributed by atoms with Gasteiger partial charge in [0.05, 0.1) is 29.5 Å². The van der Waals surface area contributed by atoms with Crippen LogP contribution >= 0.6 is 0 Å². The molecule has 8 heteroatoms. The Morgan fingerprint density at radius 1 is 1.44 bits per heavy atom. The van der Waals surface area contributed by atoms with Crippen LogP contribution in [-0.4, -0.2) is 18.4 Å². The van der Waals surface area contributed by atoms with Gasteiger partial charge in [0.1, 0.15) is 11.8 Å². The van der Waals surface area contributed by atoms with Crippen molar-refractivity contribution in [2.24, 2.45) is 16.6 Å². The van der Waals surface area contributed by atoms with E-state index >= 15 is 0 Å². The van der Waals surface area contributed by atoms with Gasteiger partial charge in [-0.1, -0.05) is 18.2 Å². The normalized spacial score (nSPS) is 20.7. The van der Waals surface area contributed by atoms with Gasteiger partial charge in [-0.25, -0.2) is 9.79 Å². The van der Waals surface area contributed by atoms with E-state index in [1.807, 2.05) is 6.07 Å². The van der Waals surface area contributed by atoms with Crippen molar-refractivity contribution < 1.29 is 22.7 Å². The predicted molar refractivity (Wildman–Crippen MR) is 84.2 cm³/mol. The Bertz CT molecular complexity index is 791. The highest BCUT2D eigenvalue weighted by Gasteiger charge is 2.39. The highest BCUT2D eigenvalue weighted by molar-refractivity contribution is 5.98. The third kappa shape index (κ3) is 3.65. The molecule has 0 radical (unpaired) electrons. The first-order valence-electron chi connectivity index (χ1n) is 7.49. The first-order chi connectivity index (χ1) is 11.7. The number of nitrogens with zero attached hydrogens (tertiary/aromatic N) is 2. The van der Waals surface area contributed by atoms with Crippen LogP contribution in [0.25, 0.3) is 0 Å². The average Bonchev–Trinajstić information content (AvgIpc) is 2.53. The number of rotatable bonds is 3. The van der Waals surface area contributed by atoms with Crippen molar-refractivity contribution in [3.8, 4) is 6.07 Å². The van der Waals surface area contributed by atoms with Gasteiger partial charge < -0.3 is 10.5 Å². The van der Waals surface area contributed by atoms with Crippen LogP contribution in [0.4, 0.5) is 13.2 Å². The Kier molecular flexibility index (Phi) is 5.16. The Balaban J connectivity index is 2.64. The van der Waals surface area contributed by atoms with Gasteiger partial charge in [-0.15, -0.1) is 0 Å². The molecular formula is C17H16F3N3O2. The summed E-state index contributed by atoms with van der Waals surface area (Å²) in [5.74, 6) is -2.81. The minimum atomic E-state index is -4.55. The zero-order valence-electron chi connectivity index (χ0n) is 13.6. The van der Waals surface area contributed by atoms with Gasteiger partial charge in [0.2, 0.25) is 0 Å². The van der Waals surface area contributed by atoms with Crippen molar-refractivity contribution in [3.63, 3.8) is 0 Å². The molecule has 0 aromatic heterocycles. The fraction of sp³-hybridized carbons (Fsp3) is 0.353. The van der Waals surface area contributed by atoms with Gasteiger partial charge in [-0.2, -0.15) is 18.4 Å². The van der Waals surface area contributed by atoms with Gasteiger partial charge in [0.15, 0.2) is 0 Å². The lowest BCUT2D eigenvalue weighted by Crippen LogP contribution is -2.35. The molecule has 5 nitrogen and oxygen atoms in total. The summed E-state index contributed by atoms with van der Waals surface area (Å²) in [5, 5.41) is 9.43. The van der Waals surface area contributed by atoms with Gasteiger partial charge in [-0.05, 0) is 25.5 Å². The average molecular weight is 351 g/mol. The van der Waals surface area contributed by atoms with Crippen LogP contribution in [0.2, 0.25) is 0 Å². The molecule has 2 unspecified atom stereocenters. The minimum Gasteiger partial charge on any atom is -0.463 e. The number of nitrogens with two attached hydrogens (primary N) is 1. The molecule has 0 aliphatic carbocycles. The zero-order valence-corrected chi connectivity index (χ0v) is 13.6. The maximum atomic E-state index is 13.0. The number of halogens is 3. The van der Waals surface area contributed by atoms with E-state index in [4.69, 9.17) is 10.5 Å². The van der Waals surface area contributed by atoms with Gasteiger partial charge in [0.25, 0.3) is 0 Å². The SMILES string of the molecule is CCOC(=O)C1=C(C)N=C(N)C(C#N)C1c1cccc(C(F)(F)F)c1. The molecule has 1 aliphatic heterocycles.